The second kappa shape index (κ2) is 11.1. The van der Waals surface area contributed by atoms with Gasteiger partial charge in [-0.2, -0.15) is 10.3 Å². The number of hydrogen-bond donors (Lipinski definition) is 0. The van der Waals surface area contributed by atoms with E-state index in [1.54, 1.807) is 6.19 Å². The van der Waals surface area contributed by atoms with Crippen molar-refractivity contribution in [1.29, 1.82) is 5.26 Å². The molecule has 0 radical (unpaired) electrons. The van der Waals surface area contributed by atoms with E-state index in [1.807, 2.05) is 6.08 Å². The van der Waals surface area contributed by atoms with Crippen molar-refractivity contribution in [2.45, 2.75) is 0 Å². The summed E-state index contributed by atoms with van der Waals surface area (Å²) in [6, 6.07) is 0. The van der Waals surface area contributed by atoms with E-state index in [1.165, 1.54) is 11.8 Å². The number of nitriles is 1. The molecule has 12 heavy (non-hydrogen) atoms. The van der Waals surface area contributed by atoms with Crippen LogP contribution in [0.2, 0.25) is 0 Å². The summed E-state index contributed by atoms with van der Waals surface area (Å²) in [6.07, 6.45) is 3.50. The van der Waals surface area contributed by atoms with E-state index in [0.717, 1.165) is 3.39 Å². The van der Waals surface area contributed by atoms with Crippen molar-refractivity contribution in [2.24, 2.45) is 4.99 Å². The van der Waals surface area contributed by atoms with Crippen LogP contribution in [0, 0.1) is 11.5 Å². The van der Waals surface area contributed by atoms with Crippen LogP contribution >= 0.6 is 43.6 Å². The molecule has 0 aliphatic carbocycles. The van der Waals surface area contributed by atoms with Crippen molar-refractivity contribution in [3.8, 4) is 6.19 Å². The number of thioether (sulfide) groups is 1. The third-order valence-corrected chi connectivity index (χ3v) is 2.35. The first-order valence-electron chi connectivity index (χ1n) is 2.44. The third-order valence-electron chi connectivity index (χ3n) is 0.586. The van der Waals surface area contributed by atoms with E-state index in [4.69, 9.17) is 17.9 Å². The van der Waals surface area contributed by atoms with E-state index in [-0.39, 0.29) is 51.4 Å². The molecule has 0 rings (SSSR count). The molecule has 2 nitrogen and oxygen atoms in total. The van der Waals surface area contributed by atoms with Gasteiger partial charge in [0.15, 0.2) is 0 Å². The first kappa shape index (κ1) is 16.5. The van der Waals surface area contributed by atoms with E-state index in [0.29, 0.717) is 10.1 Å². The second-order valence-corrected chi connectivity index (χ2v) is 5.71. The quantitative estimate of drug-likeness (QED) is 0.225. The molecule has 0 bridgehead atoms. The van der Waals surface area contributed by atoms with Crippen LogP contribution in [0.25, 0.3) is 0 Å². The monoisotopic (exact) mass is 352 g/mol. The molecule has 0 saturated carbocycles. The maximum Gasteiger partial charge on any atom is 1.00 e. The minimum atomic E-state index is 0. The molecule has 7 heteroatoms. The Kier molecular flexibility index (Phi) is 15.3. The summed E-state index contributed by atoms with van der Waals surface area (Å²) >= 11 is 12.4. The van der Waals surface area contributed by atoms with Gasteiger partial charge in [0.1, 0.15) is 0 Å². The summed E-state index contributed by atoms with van der Waals surface area (Å²) in [4.78, 5) is 3.36. The van der Waals surface area contributed by atoms with Crippen LogP contribution in [-0.4, -0.2) is 10.1 Å². The van der Waals surface area contributed by atoms with E-state index in [9.17, 15) is 0 Å². The molecule has 0 aromatic rings. The van der Waals surface area contributed by atoms with Gasteiger partial charge in [0, 0.05) is 5.75 Å². The zero-order chi connectivity index (χ0) is 8.69. The minimum absolute atomic E-state index is 0. The molecule has 60 valence electrons. The number of rotatable bonds is 2. The Morgan fingerprint density at radius 3 is 2.67 bits per heavy atom. The Bertz CT molecular complexity index is 220. The van der Waals surface area contributed by atoms with Gasteiger partial charge in [-0.15, -0.1) is 11.8 Å². The van der Waals surface area contributed by atoms with E-state index in [2.05, 4.69) is 36.9 Å². The van der Waals surface area contributed by atoms with Crippen molar-refractivity contribution in [3.05, 3.63) is 9.47 Å². The second-order valence-electron chi connectivity index (χ2n) is 1.28. The Hall–Kier alpha value is 2.07. The first-order chi connectivity index (χ1) is 5.16. The summed E-state index contributed by atoms with van der Waals surface area (Å²) in [5.41, 5.74) is 0. The largest absolute Gasteiger partial charge is 1.00 e. The van der Waals surface area contributed by atoms with Crippen LogP contribution in [0.4, 0.5) is 0 Å². The maximum atomic E-state index is 8.09. The van der Waals surface area contributed by atoms with Gasteiger partial charge in [0.2, 0.25) is 6.19 Å². The molecule has 0 atom stereocenters. The molecule has 0 N–H and O–H groups in total. The van der Waals surface area contributed by atoms with Gasteiger partial charge in [-0.1, -0.05) is 6.08 Å². The van der Waals surface area contributed by atoms with Crippen LogP contribution in [0.15, 0.2) is 14.5 Å². The molecule has 0 aromatic carbocycles. The third kappa shape index (κ3) is 12.1. The molecule has 0 aliphatic rings. The van der Waals surface area contributed by atoms with E-state index < -0.39 is 0 Å². The summed E-state index contributed by atoms with van der Waals surface area (Å²) in [5.74, 6) is 0.704. The summed E-state index contributed by atoms with van der Waals surface area (Å²) < 4.78 is 1.24. The SMILES string of the molecule is N#CN=C([S-])SCC=C(Br)Br.[K+]. The summed E-state index contributed by atoms with van der Waals surface area (Å²) in [6.45, 7) is 0. The summed E-state index contributed by atoms with van der Waals surface area (Å²) in [7, 11) is 0. The molecule has 0 heterocycles. The van der Waals surface area contributed by atoms with Crippen molar-refractivity contribution >= 4 is 60.6 Å². The Balaban J connectivity index is 0. The normalized spacial score (nSPS) is 9.58. The van der Waals surface area contributed by atoms with Gasteiger partial charge < -0.3 is 12.6 Å². The minimum Gasteiger partial charge on any atom is -0.752 e. The van der Waals surface area contributed by atoms with Gasteiger partial charge in [0.25, 0.3) is 0 Å². The Morgan fingerprint density at radius 1 is 1.67 bits per heavy atom. The maximum absolute atomic E-state index is 8.09. The van der Waals surface area contributed by atoms with Crippen molar-refractivity contribution in [1.82, 2.24) is 0 Å². The van der Waals surface area contributed by atoms with Gasteiger partial charge in [-0.25, -0.2) is 0 Å². The van der Waals surface area contributed by atoms with Crippen LogP contribution in [0.1, 0.15) is 0 Å². The molecule has 0 aromatic heterocycles. The standard InChI is InChI=1S/C5H4Br2N2S2.K/c6-4(7)1-2-11-5(10)9-3-8;/h1H,2H2,(H,9,10);/q;+1/p-1. The molecule has 0 unspecified atom stereocenters. The number of aliphatic imine (C=N–C) groups is 1. The predicted octanol–water partition coefficient (Wildman–Crippen LogP) is -0.261. The molecule has 0 aliphatic heterocycles. The Morgan fingerprint density at radius 2 is 2.25 bits per heavy atom. The number of nitrogens with zero attached hydrogens (tertiary/aromatic N) is 2. The fraction of sp³-hybridized carbons (Fsp3) is 0.200. The first-order valence-corrected chi connectivity index (χ1v) is 5.42. The zero-order valence-corrected chi connectivity index (χ0v) is 14.2. The molecular weight excluding hydrogens is 351 g/mol. The van der Waals surface area contributed by atoms with Crippen LogP contribution in [0.3, 0.4) is 0 Å². The molecular formula is C5H3Br2KN2S2. The number of hydrogen-bond acceptors (Lipinski definition) is 4. The number of halogens is 2. The molecule has 0 amide bonds. The zero-order valence-electron chi connectivity index (χ0n) is 6.25. The summed E-state index contributed by atoms with van der Waals surface area (Å²) in [5, 5.41) is 8.09. The smallest absolute Gasteiger partial charge is 0.752 e. The fourth-order valence-corrected chi connectivity index (χ4v) is 1.74. The molecule has 0 saturated heterocycles. The molecule has 0 spiro atoms. The molecule has 0 fully saturated rings. The van der Waals surface area contributed by atoms with Crippen molar-refractivity contribution in [3.63, 3.8) is 0 Å². The Labute approximate surface area is 141 Å². The topological polar surface area (TPSA) is 36.1 Å². The average molecular weight is 354 g/mol. The van der Waals surface area contributed by atoms with Gasteiger partial charge in [-0.3, -0.25) is 0 Å². The van der Waals surface area contributed by atoms with E-state index >= 15 is 0 Å². The fourth-order valence-electron chi connectivity index (χ4n) is 0.249. The van der Waals surface area contributed by atoms with Crippen LogP contribution < -0.4 is 51.4 Å². The van der Waals surface area contributed by atoms with Crippen LogP contribution in [-0.2, 0) is 12.6 Å². The predicted molar refractivity (Wildman–Crippen MR) is 58.8 cm³/mol. The van der Waals surface area contributed by atoms with Crippen molar-refractivity contribution < 1.29 is 51.4 Å². The van der Waals surface area contributed by atoms with Gasteiger partial charge in [-0.05, 0) is 36.2 Å². The average Bonchev–Trinajstić information content (AvgIpc) is 1.87. The van der Waals surface area contributed by atoms with Crippen molar-refractivity contribution in [2.75, 3.05) is 5.75 Å². The van der Waals surface area contributed by atoms with Gasteiger partial charge in [0.05, 0.1) is 3.39 Å². The van der Waals surface area contributed by atoms with Gasteiger partial charge >= 0.3 is 51.4 Å². The van der Waals surface area contributed by atoms with Crippen LogP contribution in [0.5, 0.6) is 0 Å².